The molecule has 1 aromatic rings. The number of amides is 1. The molecular weight excluding hydrogens is 348 g/mol. The lowest BCUT2D eigenvalue weighted by molar-refractivity contribution is 0.00335. The molecule has 0 bridgehead atoms. The zero-order valence-corrected chi connectivity index (χ0v) is 14.9. The van der Waals surface area contributed by atoms with E-state index in [4.69, 9.17) is 9.47 Å². The highest BCUT2D eigenvalue weighted by atomic mass is 79.9. The molecule has 0 spiro atoms. The predicted octanol–water partition coefficient (Wildman–Crippen LogP) is 4.01. The third kappa shape index (κ3) is 5.16. The van der Waals surface area contributed by atoms with Crippen molar-refractivity contribution in [2.24, 2.45) is 0 Å². The van der Waals surface area contributed by atoms with Crippen LogP contribution in [0.3, 0.4) is 0 Å². The molecule has 22 heavy (non-hydrogen) atoms. The first-order valence-corrected chi connectivity index (χ1v) is 8.38. The van der Waals surface area contributed by atoms with Gasteiger partial charge < -0.3 is 14.4 Å². The molecule has 1 atom stereocenters. The molecular formula is C16H23BrN2O3. The van der Waals surface area contributed by atoms with Crippen molar-refractivity contribution in [1.29, 1.82) is 0 Å². The lowest BCUT2D eigenvalue weighted by atomic mass is 10.0. The maximum Gasteiger partial charge on any atom is 0.410 e. The van der Waals surface area contributed by atoms with E-state index in [0.717, 1.165) is 30.3 Å². The van der Waals surface area contributed by atoms with Gasteiger partial charge in [0.05, 0.1) is 6.04 Å². The SMILES string of the molecule is CC(C)(C)OC(=O)N1CCCC[C@@H]1COc1ccc(Br)cn1. The summed E-state index contributed by atoms with van der Waals surface area (Å²) in [5.41, 5.74) is -0.479. The lowest BCUT2D eigenvalue weighted by Crippen LogP contribution is -2.48. The first kappa shape index (κ1) is 17.1. The van der Waals surface area contributed by atoms with Crippen molar-refractivity contribution in [3.63, 3.8) is 0 Å². The van der Waals surface area contributed by atoms with Crippen LogP contribution in [-0.2, 0) is 4.74 Å². The zero-order chi connectivity index (χ0) is 16.2. The normalized spacial score (nSPS) is 18.9. The van der Waals surface area contributed by atoms with Crippen LogP contribution in [0.15, 0.2) is 22.8 Å². The molecule has 0 radical (unpaired) electrons. The average Bonchev–Trinajstić information content (AvgIpc) is 2.45. The van der Waals surface area contributed by atoms with Crippen LogP contribution in [0.5, 0.6) is 5.88 Å². The molecule has 2 heterocycles. The van der Waals surface area contributed by atoms with Crippen molar-refractivity contribution >= 4 is 22.0 Å². The quantitative estimate of drug-likeness (QED) is 0.806. The van der Waals surface area contributed by atoms with E-state index >= 15 is 0 Å². The Hall–Kier alpha value is -1.30. The molecule has 1 fully saturated rings. The van der Waals surface area contributed by atoms with Crippen molar-refractivity contribution in [3.8, 4) is 5.88 Å². The van der Waals surface area contributed by atoms with Crippen molar-refractivity contribution < 1.29 is 14.3 Å². The highest BCUT2D eigenvalue weighted by Gasteiger charge is 2.30. The van der Waals surface area contributed by atoms with Gasteiger partial charge >= 0.3 is 6.09 Å². The number of aromatic nitrogens is 1. The summed E-state index contributed by atoms with van der Waals surface area (Å²) in [4.78, 5) is 18.3. The van der Waals surface area contributed by atoms with Gasteiger partial charge in [0.25, 0.3) is 0 Å². The second kappa shape index (κ2) is 7.31. The van der Waals surface area contributed by atoms with Gasteiger partial charge in [0.1, 0.15) is 12.2 Å². The molecule has 1 amide bonds. The lowest BCUT2D eigenvalue weighted by Gasteiger charge is -2.36. The van der Waals surface area contributed by atoms with E-state index in [1.165, 1.54) is 0 Å². The average molecular weight is 371 g/mol. The van der Waals surface area contributed by atoms with E-state index in [1.54, 1.807) is 11.1 Å². The van der Waals surface area contributed by atoms with E-state index < -0.39 is 5.60 Å². The minimum absolute atomic E-state index is 0.0362. The van der Waals surface area contributed by atoms with Gasteiger partial charge in [0, 0.05) is 23.3 Å². The molecule has 6 heteroatoms. The van der Waals surface area contributed by atoms with Gasteiger partial charge in [-0.2, -0.15) is 0 Å². The van der Waals surface area contributed by atoms with Crippen molar-refractivity contribution in [2.75, 3.05) is 13.2 Å². The maximum absolute atomic E-state index is 12.3. The molecule has 2 rings (SSSR count). The number of pyridine rings is 1. The van der Waals surface area contributed by atoms with E-state index in [2.05, 4.69) is 20.9 Å². The van der Waals surface area contributed by atoms with E-state index in [1.807, 2.05) is 32.9 Å². The second-order valence-corrected chi connectivity index (χ2v) is 7.36. The van der Waals surface area contributed by atoms with Crippen LogP contribution >= 0.6 is 15.9 Å². The van der Waals surface area contributed by atoms with Gasteiger partial charge in [-0.25, -0.2) is 9.78 Å². The molecule has 0 unspecified atom stereocenters. The van der Waals surface area contributed by atoms with Gasteiger partial charge in [-0.1, -0.05) is 0 Å². The zero-order valence-electron chi connectivity index (χ0n) is 13.3. The minimum Gasteiger partial charge on any atom is -0.475 e. The Morgan fingerprint density at radius 3 is 2.82 bits per heavy atom. The summed E-state index contributed by atoms with van der Waals surface area (Å²) in [5, 5.41) is 0. The van der Waals surface area contributed by atoms with Crippen LogP contribution in [0.4, 0.5) is 4.79 Å². The fourth-order valence-corrected chi connectivity index (χ4v) is 2.60. The van der Waals surface area contributed by atoms with Gasteiger partial charge in [-0.15, -0.1) is 0 Å². The summed E-state index contributed by atoms with van der Waals surface area (Å²) in [6.45, 7) is 6.80. The number of likely N-dealkylation sites (tertiary alicyclic amines) is 1. The van der Waals surface area contributed by atoms with Gasteiger partial charge in [0.15, 0.2) is 0 Å². The van der Waals surface area contributed by atoms with Gasteiger partial charge in [-0.05, 0) is 62.0 Å². The molecule has 5 nitrogen and oxygen atoms in total. The monoisotopic (exact) mass is 370 g/mol. The fourth-order valence-electron chi connectivity index (χ4n) is 2.36. The van der Waals surface area contributed by atoms with Crippen LogP contribution in [0.2, 0.25) is 0 Å². The maximum atomic E-state index is 12.3. The topological polar surface area (TPSA) is 51.7 Å². The number of hydrogen-bond donors (Lipinski definition) is 0. The van der Waals surface area contributed by atoms with E-state index in [0.29, 0.717) is 12.5 Å². The summed E-state index contributed by atoms with van der Waals surface area (Å²) >= 11 is 3.34. The number of halogens is 1. The molecule has 1 saturated heterocycles. The highest BCUT2D eigenvalue weighted by Crippen LogP contribution is 2.21. The molecule has 1 aromatic heterocycles. The molecule has 1 aliphatic heterocycles. The number of carbonyl (C=O) groups excluding carboxylic acids is 1. The third-order valence-electron chi connectivity index (χ3n) is 3.38. The Kier molecular flexibility index (Phi) is 5.67. The Labute approximate surface area is 140 Å². The Bertz CT molecular complexity index is 499. The molecule has 1 aliphatic rings. The summed E-state index contributed by atoms with van der Waals surface area (Å²) in [7, 11) is 0. The van der Waals surface area contributed by atoms with Crippen LogP contribution in [0, 0.1) is 0 Å². The number of ether oxygens (including phenoxy) is 2. The standard InChI is InChI=1S/C16H23BrN2O3/c1-16(2,3)22-15(20)19-9-5-4-6-13(19)11-21-14-8-7-12(17)10-18-14/h7-8,10,13H,4-6,9,11H2,1-3H3/t13-/m1/s1. The van der Waals surface area contributed by atoms with Crippen molar-refractivity contribution in [1.82, 2.24) is 9.88 Å². The Balaban J connectivity index is 1.94. The molecule has 122 valence electrons. The van der Waals surface area contributed by atoms with E-state index in [9.17, 15) is 4.79 Å². The summed E-state index contributed by atoms with van der Waals surface area (Å²) in [5.74, 6) is 0.568. The largest absolute Gasteiger partial charge is 0.475 e. The summed E-state index contributed by atoms with van der Waals surface area (Å²) in [6.07, 6.45) is 4.47. The van der Waals surface area contributed by atoms with Gasteiger partial charge in [0.2, 0.25) is 5.88 Å². The molecule has 0 N–H and O–H groups in total. The summed E-state index contributed by atoms with van der Waals surface area (Å²) in [6, 6.07) is 3.73. The number of carbonyl (C=O) groups is 1. The first-order chi connectivity index (χ1) is 10.3. The van der Waals surface area contributed by atoms with Crippen molar-refractivity contribution in [2.45, 2.75) is 51.7 Å². The fraction of sp³-hybridized carbons (Fsp3) is 0.625. The molecule has 0 aliphatic carbocycles. The van der Waals surface area contributed by atoms with Crippen LogP contribution in [-0.4, -0.2) is 40.8 Å². The van der Waals surface area contributed by atoms with Crippen LogP contribution in [0.1, 0.15) is 40.0 Å². The summed E-state index contributed by atoms with van der Waals surface area (Å²) < 4.78 is 12.1. The third-order valence-corrected chi connectivity index (χ3v) is 3.85. The van der Waals surface area contributed by atoms with Crippen molar-refractivity contribution in [3.05, 3.63) is 22.8 Å². The first-order valence-electron chi connectivity index (χ1n) is 7.59. The second-order valence-electron chi connectivity index (χ2n) is 6.45. The number of nitrogens with zero attached hydrogens (tertiary/aromatic N) is 2. The molecule has 0 saturated carbocycles. The van der Waals surface area contributed by atoms with E-state index in [-0.39, 0.29) is 12.1 Å². The number of rotatable bonds is 3. The van der Waals surface area contributed by atoms with Crippen LogP contribution in [0.25, 0.3) is 0 Å². The van der Waals surface area contributed by atoms with Crippen LogP contribution < -0.4 is 4.74 Å². The Morgan fingerprint density at radius 2 is 2.18 bits per heavy atom. The highest BCUT2D eigenvalue weighted by molar-refractivity contribution is 9.10. The minimum atomic E-state index is -0.479. The number of piperidine rings is 1. The Morgan fingerprint density at radius 1 is 1.41 bits per heavy atom. The van der Waals surface area contributed by atoms with Gasteiger partial charge in [-0.3, -0.25) is 0 Å². The number of hydrogen-bond acceptors (Lipinski definition) is 4. The molecule has 0 aromatic carbocycles. The predicted molar refractivity (Wildman–Crippen MR) is 88.0 cm³/mol. The smallest absolute Gasteiger partial charge is 0.410 e.